The van der Waals surface area contributed by atoms with Crippen LogP contribution >= 0.6 is 0 Å². The van der Waals surface area contributed by atoms with Gasteiger partial charge in [0, 0.05) is 31.5 Å². The van der Waals surface area contributed by atoms with Gasteiger partial charge in [-0.2, -0.15) is 0 Å². The molecular formula is C31H32N2O3. The lowest BCUT2D eigenvalue weighted by molar-refractivity contribution is -0.135. The first-order chi connectivity index (χ1) is 17.6. The maximum atomic E-state index is 13.0. The summed E-state index contributed by atoms with van der Waals surface area (Å²) in [7, 11) is 3.11. The summed E-state index contributed by atoms with van der Waals surface area (Å²) in [6.45, 7) is 2.86. The van der Waals surface area contributed by atoms with E-state index in [0.29, 0.717) is 5.57 Å². The Hall–Kier alpha value is -3.83. The molecule has 36 heavy (non-hydrogen) atoms. The number of likely N-dealkylation sites (tertiary alicyclic amines) is 1. The van der Waals surface area contributed by atoms with Crippen LogP contribution in [0.5, 0.6) is 5.75 Å². The molecule has 1 fully saturated rings. The van der Waals surface area contributed by atoms with Crippen LogP contribution < -0.4 is 9.64 Å². The van der Waals surface area contributed by atoms with Crippen LogP contribution in [0.1, 0.15) is 24.0 Å². The molecule has 184 valence electrons. The third kappa shape index (κ3) is 4.79. The van der Waals surface area contributed by atoms with Gasteiger partial charge in [0.05, 0.1) is 25.3 Å². The van der Waals surface area contributed by atoms with Crippen LogP contribution in [0.25, 0.3) is 5.57 Å². The summed E-state index contributed by atoms with van der Waals surface area (Å²) in [5.74, 6) is 0.472. The molecule has 0 N–H and O–H groups in total. The normalized spacial score (nSPS) is 17.3. The summed E-state index contributed by atoms with van der Waals surface area (Å²) in [5.41, 5.74) is 4.62. The Morgan fingerprint density at radius 1 is 0.861 bits per heavy atom. The van der Waals surface area contributed by atoms with Crippen molar-refractivity contribution in [1.29, 1.82) is 0 Å². The zero-order valence-electron chi connectivity index (χ0n) is 20.9. The number of carbonyl (C=O) groups is 1. The Kier molecular flexibility index (Phi) is 6.92. The van der Waals surface area contributed by atoms with Crippen molar-refractivity contribution >= 4 is 17.2 Å². The van der Waals surface area contributed by atoms with E-state index in [1.807, 2.05) is 36.5 Å². The van der Waals surface area contributed by atoms with Crippen molar-refractivity contribution in [2.45, 2.75) is 24.9 Å². The molecule has 1 saturated heterocycles. The molecule has 3 aromatic carbocycles. The van der Waals surface area contributed by atoms with Gasteiger partial charge < -0.3 is 14.4 Å². The molecular weight excluding hydrogens is 448 g/mol. The minimum Gasteiger partial charge on any atom is -0.497 e. The first-order valence-corrected chi connectivity index (χ1v) is 12.4. The number of ether oxygens (including phenoxy) is 2. The Labute approximate surface area is 213 Å². The fraction of sp³-hybridized carbons (Fsp3) is 0.258. The topological polar surface area (TPSA) is 42.0 Å². The molecule has 0 bridgehead atoms. The summed E-state index contributed by atoms with van der Waals surface area (Å²) in [6, 6.07) is 28.8. The summed E-state index contributed by atoms with van der Waals surface area (Å²) in [5, 5.41) is 0. The molecule has 3 aromatic rings. The molecule has 0 aliphatic carbocycles. The van der Waals surface area contributed by atoms with Gasteiger partial charge in [-0.15, -0.1) is 0 Å². The van der Waals surface area contributed by atoms with E-state index in [1.54, 1.807) is 7.11 Å². The highest BCUT2D eigenvalue weighted by molar-refractivity contribution is 6.08. The number of nitrogens with zero attached hydrogens (tertiary/aromatic N) is 2. The molecule has 2 aliphatic heterocycles. The zero-order chi connectivity index (χ0) is 25.0. The molecule has 1 spiro atoms. The van der Waals surface area contributed by atoms with Crippen LogP contribution in [-0.4, -0.2) is 43.7 Å². The van der Waals surface area contributed by atoms with Gasteiger partial charge in [0.25, 0.3) is 0 Å². The maximum Gasteiger partial charge on any atom is 0.339 e. The van der Waals surface area contributed by atoms with Crippen molar-refractivity contribution in [1.82, 2.24) is 4.90 Å². The summed E-state index contributed by atoms with van der Waals surface area (Å²) in [4.78, 5) is 17.8. The third-order valence-corrected chi connectivity index (χ3v) is 7.25. The number of hydrogen-bond acceptors (Lipinski definition) is 5. The van der Waals surface area contributed by atoms with Gasteiger partial charge in [0.1, 0.15) is 5.75 Å². The van der Waals surface area contributed by atoms with Gasteiger partial charge >= 0.3 is 5.97 Å². The summed E-state index contributed by atoms with van der Waals surface area (Å²) in [6.07, 6.45) is 6.17. The molecule has 0 aromatic heterocycles. The highest BCUT2D eigenvalue weighted by atomic mass is 16.5. The van der Waals surface area contributed by atoms with Gasteiger partial charge in [-0.3, -0.25) is 4.90 Å². The smallest absolute Gasteiger partial charge is 0.339 e. The lowest BCUT2D eigenvalue weighted by atomic mass is 9.78. The van der Waals surface area contributed by atoms with Crippen LogP contribution in [0.15, 0.2) is 103 Å². The molecule has 0 atom stereocenters. The average Bonchev–Trinajstić information content (AvgIpc) is 2.95. The first kappa shape index (κ1) is 23.9. The third-order valence-electron chi connectivity index (χ3n) is 7.25. The molecule has 5 heteroatoms. The zero-order valence-corrected chi connectivity index (χ0v) is 20.9. The van der Waals surface area contributed by atoms with E-state index in [9.17, 15) is 4.79 Å². The predicted molar refractivity (Wildman–Crippen MR) is 144 cm³/mol. The highest BCUT2D eigenvalue weighted by Gasteiger charge is 2.42. The molecule has 5 nitrogen and oxygen atoms in total. The van der Waals surface area contributed by atoms with Crippen molar-refractivity contribution in [2.24, 2.45) is 0 Å². The average molecular weight is 481 g/mol. The van der Waals surface area contributed by atoms with Crippen LogP contribution in [0.3, 0.4) is 0 Å². The number of methoxy groups -OCH3 is 2. The molecule has 0 unspecified atom stereocenters. The largest absolute Gasteiger partial charge is 0.497 e. The number of rotatable bonds is 6. The van der Waals surface area contributed by atoms with E-state index in [0.717, 1.165) is 55.0 Å². The Bertz CT molecular complexity index is 1240. The number of carbonyl (C=O) groups excluding carboxylic acids is 1. The van der Waals surface area contributed by atoms with E-state index in [2.05, 4.69) is 70.5 Å². The van der Waals surface area contributed by atoms with Crippen molar-refractivity contribution in [2.75, 3.05) is 32.2 Å². The quantitative estimate of drug-likeness (QED) is 0.424. The van der Waals surface area contributed by atoms with E-state index in [1.165, 1.54) is 12.7 Å². The Morgan fingerprint density at radius 3 is 2.11 bits per heavy atom. The van der Waals surface area contributed by atoms with E-state index >= 15 is 0 Å². The minimum atomic E-state index is -0.333. The number of benzene rings is 3. The van der Waals surface area contributed by atoms with Gasteiger partial charge in [-0.1, -0.05) is 60.7 Å². The van der Waals surface area contributed by atoms with Gasteiger partial charge in [-0.25, -0.2) is 4.79 Å². The summed E-state index contributed by atoms with van der Waals surface area (Å²) < 4.78 is 10.6. The lowest BCUT2D eigenvalue weighted by Crippen LogP contribution is -2.54. The Morgan fingerprint density at radius 2 is 1.50 bits per heavy atom. The van der Waals surface area contributed by atoms with Gasteiger partial charge in [-0.05, 0) is 59.9 Å². The Balaban J connectivity index is 1.53. The second-order valence-electron chi connectivity index (χ2n) is 9.39. The molecule has 2 aliphatic rings. The maximum absolute atomic E-state index is 13.0. The van der Waals surface area contributed by atoms with Gasteiger partial charge in [0.15, 0.2) is 0 Å². The summed E-state index contributed by atoms with van der Waals surface area (Å²) >= 11 is 0. The van der Waals surface area contributed by atoms with Crippen LogP contribution in [0.2, 0.25) is 0 Å². The highest BCUT2D eigenvalue weighted by Crippen LogP contribution is 2.43. The second-order valence-corrected chi connectivity index (χ2v) is 9.39. The predicted octanol–water partition coefficient (Wildman–Crippen LogP) is 5.69. The SMILES string of the molecule is COC(=O)C1=CN(c2ccc(OC)cc2)C2(C=C1c1ccccc1)CCN(Cc1ccccc1)CC2. The lowest BCUT2D eigenvalue weighted by Gasteiger charge is -2.49. The number of hydrogen-bond donors (Lipinski definition) is 0. The molecule has 5 rings (SSSR count). The number of esters is 1. The fourth-order valence-corrected chi connectivity index (χ4v) is 5.27. The minimum absolute atomic E-state index is 0.259. The monoisotopic (exact) mass is 480 g/mol. The second kappa shape index (κ2) is 10.4. The number of anilines is 1. The van der Waals surface area contributed by atoms with Crippen LogP contribution in [0.4, 0.5) is 5.69 Å². The van der Waals surface area contributed by atoms with Crippen molar-refractivity contribution in [3.8, 4) is 5.75 Å². The van der Waals surface area contributed by atoms with E-state index in [4.69, 9.17) is 9.47 Å². The first-order valence-electron chi connectivity index (χ1n) is 12.4. The van der Waals surface area contributed by atoms with Crippen LogP contribution in [-0.2, 0) is 16.1 Å². The molecule has 2 heterocycles. The van der Waals surface area contributed by atoms with Gasteiger partial charge in [0.2, 0.25) is 0 Å². The van der Waals surface area contributed by atoms with E-state index in [-0.39, 0.29) is 11.5 Å². The molecule has 0 saturated carbocycles. The standard InChI is InChI=1S/C31H32N2O3/c1-35-27-15-13-26(14-16-27)33-23-29(30(34)36-2)28(25-11-7-4-8-12-25)21-31(33)17-19-32(20-18-31)22-24-9-5-3-6-10-24/h3-16,21,23H,17-20,22H2,1-2H3. The van der Waals surface area contributed by atoms with Crippen molar-refractivity contribution in [3.63, 3.8) is 0 Å². The van der Waals surface area contributed by atoms with Crippen molar-refractivity contribution < 1.29 is 14.3 Å². The fourth-order valence-electron chi connectivity index (χ4n) is 5.27. The molecule has 0 amide bonds. The van der Waals surface area contributed by atoms with Crippen LogP contribution in [0, 0.1) is 0 Å². The van der Waals surface area contributed by atoms with Crippen molar-refractivity contribution in [3.05, 3.63) is 114 Å². The molecule has 0 radical (unpaired) electrons. The number of piperidine rings is 1. The van der Waals surface area contributed by atoms with E-state index < -0.39 is 0 Å².